The summed E-state index contributed by atoms with van der Waals surface area (Å²) in [5.74, 6) is 2.00. The van der Waals surface area contributed by atoms with Gasteiger partial charge in [-0.25, -0.2) is 0 Å². The van der Waals surface area contributed by atoms with Crippen LogP contribution in [-0.4, -0.2) is 20.5 Å². The Hall–Kier alpha value is -2.04. The van der Waals surface area contributed by atoms with E-state index in [4.69, 9.17) is 9.97 Å². The van der Waals surface area contributed by atoms with Gasteiger partial charge < -0.3 is 0 Å². The van der Waals surface area contributed by atoms with Gasteiger partial charge in [0.15, 0.2) is 0 Å². The van der Waals surface area contributed by atoms with Crippen LogP contribution in [0, 0.1) is 0 Å². The minimum atomic E-state index is 0.706. The Morgan fingerprint density at radius 1 is 0.600 bits per heavy atom. The van der Waals surface area contributed by atoms with Crippen molar-refractivity contribution in [1.82, 2.24) is 9.97 Å². The molecule has 0 amide bonds. The number of thioether (sulfide) groups is 2. The predicted octanol–water partition coefficient (Wildman–Crippen LogP) is 7.26. The second-order valence-electron chi connectivity index (χ2n) is 7.97. The van der Waals surface area contributed by atoms with Crippen LogP contribution < -0.4 is 0 Å². The molecule has 30 heavy (non-hydrogen) atoms. The van der Waals surface area contributed by atoms with Crippen molar-refractivity contribution in [3.63, 3.8) is 0 Å². The van der Waals surface area contributed by atoms with Gasteiger partial charge in [0.25, 0.3) is 0 Å². The third-order valence-corrected chi connectivity index (χ3v) is 8.93. The van der Waals surface area contributed by atoms with Gasteiger partial charge in [0.2, 0.25) is 0 Å². The average molecular weight is 431 g/mol. The van der Waals surface area contributed by atoms with E-state index in [0.717, 1.165) is 22.5 Å². The highest BCUT2D eigenvalue weighted by Gasteiger charge is 2.26. The molecule has 152 valence electrons. The lowest BCUT2D eigenvalue weighted by Gasteiger charge is -2.30. The molecule has 4 heteroatoms. The average Bonchev–Trinajstić information content (AvgIpc) is 2.81. The fourth-order valence-corrected chi connectivity index (χ4v) is 7.14. The minimum absolute atomic E-state index is 0.706. The summed E-state index contributed by atoms with van der Waals surface area (Å²) >= 11 is 4.20. The zero-order valence-electron chi connectivity index (χ0n) is 17.0. The van der Waals surface area contributed by atoms with E-state index < -0.39 is 0 Å². The molecule has 0 radical (unpaired) electrons. The highest BCUT2D eigenvalue weighted by Crippen LogP contribution is 2.38. The van der Waals surface area contributed by atoms with Gasteiger partial charge in [-0.05, 0) is 37.1 Å². The van der Waals surface area contributed by atoms with E-state index in [1.165, 1.54) is 47.8 Å². The lowest BCUT2D eigenvalue weighted by molar-refractivity contribution is 0.527. The molecule has 1 fully saturated rings. The summed E-state index contributed by atoms with van der Waals surface area (Å²) in [7, 11) is 0. The minimum Gasteiger partial charge on any atom is -0.252 e. The van der Waals surface area contributed by atoms with Crippen LogP contribution in [-0.2, 0) is 11.5 Å². The third-order valence-electron chi connectivity index (χ3n) is 5.84. The van der Waals surface area contributed by atoms with Crippen LogP contribution in [0.5, 0.6) is 0 Å². The summed E-state index contributed by atoms with van der Waals surface area (Å²) < 4.78 is 0. The molecule has 1 aliphatic carbocycles. The van der Waals surface area contributed by atoms with E-state index in [-0.39, 0.29) is 0 Å². The Morgan fingerprint density at radius 3 is 1.57 bits per heavy atom. The van der Waals surface area contributed by atoms with E-state index >= 15 is 0 Å². The summed E-state index contributed by atoms with van der Waals surface area (Å²) in [5.41, 5.74) is 4.61. The van der Waals surface area contributed by atoms with Crippen molar-refractivity contribution < 1.29 is 0 Å². The van der Waals surface area contributed by atoms with Gasteiger partial charge in [0, 0.05) is 32.8 Å². The highest BCUT2D eigenvalue weighted by atomic mass is 32.2. The number of rotatable bonds is 6. The number of benzene rings is 2. The summed E-state index contributed by atoms with van der Waals surface area (Å²) in [6.45, 7) is 0. The second-order valence-corrected chi connectivity index (χ2v) is 10.4. The lowest BCUT2D eigenvalue weighted by Crippen LogP contribution is -2.24. The maximum atomic E-state index is 4.87. The van der Waals surface area contributed by atoms with E-state index in [9.17, 15) is 0 Å². The fourth-order valence-electron chi connectivity index (χ4n) is 4.21. The molecule has 1 saturated carbocycles. The van der Waals surface area contributed by atoms with Gasteiger partial charge >= 0.3 is 0 Å². The summed E-state index contributed by atoms with van der Waals surface area (Å²) in [6, 6.07) is 25.6. The van der Waals surface area contributed by atoms with Crippen molar-refractivity contribution in [2.24, 2.45) is 0 Å². The molecule has 2 aromatic carbocycles. The van der Waals surface area contributed by atoms with Gasteiger partial charge in [0.1, 0.15) is 0 Å². The molecular weight excluding hydrogens is 404 g/mol. The molecule has 2 aromatic heterocycles. The Labute approximate surface area is 186 Å². The van der Waals surface area contributed by atoms with Crippen molar-refractivity contribution in [3.05, 3.63) is 84.2 Å². The molecule has 0 N–H and O–H groups in total. The summed E-state index contributed by atoms with van der Waals surface area (Å²) in [4.78, 5) is 9.74. The Morgan fingerprint density at radius 2 is 1.07 bits per heavy atom. The molecule has 4 aromatic rings. The molecule has 2 atom stereocenters. The first-order valence-corrected chi connectivity index (χ1v) is 12.9. The van der Waals surface area contributed by atoms with E-state index in [0.29, 0.717) is 10.5 Å². The zero-order valence-corrected chi connectivity index (χ0v) is 18.7. The maximum Gasteiger partial charge on any atom is 0.0705 e. The molecule has 0 saturated heterocycles. The summed E-state index contributed by atoms with van der Waals surface area (Å²) in [5, 5.41) is 3.86. The zero-order chi connectivity index (χ0) is 20.2. The van der Waals surface area contributed by atoms with Crippen LogP contribution in [0.1, 0.15) is 37.1 Å². The SMILES string of the molecule is c1ccc2nc(CS[C@H]3CCCC[C@H]3SCc3ccc4ccccc4n3)ccc2c1. The Kier molecular flexibility index (Phi) is 6.24. The van der Waals surface area contributed by atoms with Crippen LogP contribution in [0.3, 0.4) is 0 Å². The van der Waals surface area contributed by atoms with E-state index in [1.807, 2.05) is 0 Å². The standard InChI is InChI=1S/C26H26N2S2/c1-3-9-23-19(7-1)13-15-21(27-23)17-29-25-11-5-6-12-26(25)30-18-22-16-14-20-8-2-4-10-24(20)28-22/h1-4,7-10,13-16,25-26H,5-6,11-12,17-18H2/t25-,26+. The number of nitrogens with zero attached hydrogens (tertiary/aromatic N) is 2. The number of hydrogen-bond donors (Lipinski definition) is 0. The van der Waals surface area contributed by atoms with Gasteiger partial charge in [-0.2, -0.15) is 23.5 Å². The number of para-hydroxylation sites is 2. The molecule has 5 rings (SSSR count). The van der Waals surface area contributed by atoms with Crippen LogP contribution >= 0.6 is 23.5 Å². The first kappa shape index (κ1) is 19.9. The number of aromatic nitrogens is 2. The van der Waals surface area contributed by atoms with Gasteiger partial charge in [-0.1, -0.05) is 61.4 Å². The Balaban J connectivity index is 1.22. The highest BCUT2D eigenvalue weighted by molar-refractivity contribution is 8.03. The first-order valence-electron chi connectivity index (χ1n) is 10.8. The Bertz CT molecular complexity index is 1050. The van der Waals surface area contributed by atoms with Crippen molar-refractivity contribution in [1.29, 1.82) is 0 Å². The monoisotopic (exact) mass is 430 g/mol. The quantitative estimate of drug-likeness (QED) is 0.321. The van der Waals surface area contributed by atoms with Crippen LogP contribution in [0.4, 0.5) is 0 Å². The largest absolute Gasteiger partial charge is 0.252 e. The molecule has 0 unspecified atom stereocenters. The smallest absolute Gasteiger partial charge is 0.0705 e. The topological polar surface area (TPSA) is 25.8 Å². The van der Waals surface area contributed by atoms with E-state index in [1.54, 1.807) is 0 Å². The molecule has 2 nitrogen and oxygen atoms in total. The number of fused-ring (bicyclic) bond motifs is 2. The first-order chi connectivity index (χ1) is 14.8. The molecule has 2 heterocycles. The van der Waals surface area contributed by atoms with Crippen LogP contribution in [0.25, 0.3) is 21.8 Å². The number of pyridine rings is 2. The van der Waals surface area contributed by atoms with Crippen molar-refractivity contribution in [2.75, 3.05) is 0 Å². The van der Waals surface area contributed by atoms with E-state index in [2.05, 4.69) is 96.3 Å². The normalized spacial score (nSPS) is 19.3. The van der Waals surface area contributed by atoms with Crippen molar-refractivity contribution in [3.8, 4) is 0 Å². The molecule has 1 aliphatic rings. The lowest BCUT2D eigenvalue weighted by atomic mass is 10.00. The van der Waals surface area contributed by atoms with Crippen molar-refractivity contribution in [2.45, 2.75) is 47.7 Å². The van der Waals surface area contributed by atoms with Crippen LogP contribution in [0.2, 0.25) is 0 Å². The number of hydrogen-bond acceptors (Lipinski definition) is 4. The molecule has 0 spiro atoms. The maximum absolute atomic E-state index is 4.87. The van der Waals surface area contributed by atoms with Gasteiger partial charge in [0.05, 0.1) is 22.4 Å². The van der Waals surface area contributed by atoms with Crippen molar-refractivity contribution >= 4 is 45.3 Å². The second kappa shape index (κ2) is 9.40. The molecule has 0 aliphatic heterocycles. The van der Waals surface area contributed by atoms with Gasteiger partial charge in [-0.15, -0.1) is 0 Å². The third kappa shape index (κ3) is 4.65. The van der Waals surface area contributed by atoms with Crippen LogP contribution in [0.15, 0.2) is 72.8 Å². The predicted molar refractivity (Wildman–Crippen MR) is 132 cm³/mol. The summed E-state index contributed by atoms with van der Waals surface area (Å²) in [6.07, 6.45) is 5.35. The molecular formula is C26H26N2S2. The van der Waals surface area contributed by atoms with Gasteiger partial charge in [-0.3, -0.25) is 9.97 Å². The fraction of sp³-hybridized carbons (Fsp3) is 0.308. The molecule has 0 bridgehead atoms.